The molecule has 2 aromatic carbocycles. The van der Waals surface area contributed by atoms with Crippen LogP contribution in [0.4, 0.5) is 16.3 Å². The molecule has 3 aromatic rings. The normalized spacial score (nSPS) is 11.8. The molecule has 0 saturated heterocycles. The van der Waals surface area contributed by atoms with Gasteiger partial charge < -0.3 is 35.3 Å². The number of aromatic nitrogens is 1. The van der Waals surface area contributed by atoms with Gasteiger partial charge in [0, 0.05) is 12.7 Å². The van der Waals surface area contributed by atoms with Crippen molar-refractivity contribution in [1.29, 1.82) is 0 Å². The van der Waals surface area contributed by atoms with Crippen molar-refractivity contribution in [2.24, 2.45) is 0 Å². The van der Waals surface area contributed by atoms with Gasteiger partial charge in [-0.2, -0.15) is 11.8 Å². The van der Waals surface area contributed by atoms with Crippen LogP contribution in [-0.2, 0) is 20.8 Å². The summed E-state index contributed by atoms with van der Waals surface area (Å²) in [7, 11) is 4.37. The Morgan fingerprint density at radius 1 is 0.913 bits per heavy atom. The molecular formula is C32H39N5O8S. The number of carboxylic acid groups (broad SMARTS) is 1. The minimum atomic E-state index is -1.13. The number of thioether (sulfide) groups is 1. The molecule has 46 heavy (non-hydrogen) atoms. The van der Waals surface area contributed by atoms with E-state index in [4.69, 9.17) is 14.2 Å². The van der Waals surface area contributed by atoms with E-state index in [1.807, 2.05) is 19.2 Å². The van der Waals surface area contributed by atoms with E-state index < -0.39 is 35.8 Å². The lowest BCUT2D eigenvalue weighted by molar-refractivity contribution is -0.139. The van der Waals surface area contributed by atoms with E-state index in [1.165, 1.54) is 33.1 Å². The van der Waals surface area contributed by atoms with Crippen LogP contribution in [0.2, 0.25) is 0 Å². The van der Waals surface area contributed by atoms with E-state index in [0.717, 1.165) is 5.56 Å². The van der Waals surface area contributed by atoms with Gasteiger partial charge in [-0.05, 0) is 72.4 Å². The maximum absolute atomic E-state index is 13.2. The van der Waals surface area contributed by atoms with Crippen LogP contribution in [0.25, 0.3) is 0 Å². The number of rotatable bonds is 16. The predicted molar refractivity (Wildman–Crippen MR) is 176 cm³/mol. The van der Waals surface area contributed by atoms with E-state index in [0.29, 0.717) is 52.1 Å². The van der Waals surface area contributed by atoms with Gasteiger partial charge in [-0.1, -0.05) is 18.2 Å². The number of aliphatic carboxylic acids is 1. The molecule has 0 spiro atoms. The number of pyridine rings is 1. The first-order valence-corrected chi connectivity index (χ1v) is 15.7. The fourth-order valence-corrected chi connectivity index (χ4v) is 4.91. The average molecular weight is 654 g/mol. The highest BCUT2D eigenvalue weighted by Gasteiger charge is 2.26. The van der Waals surface area contributed by atoms with E-state index in [-0.39, 0.29) is 13.0 Å². The zero-order valence-electron chi connectivity index (χ0n) is 26.3. The van der Waals surface area contributed by atoms with Crippen molar-refractivity contribution in [3.63, 3.8) is 0 Å². The molecule has 14 heteroatoms. The molecule has 246 valence electrons. The van der Waals surface area contributed by atoms with Crippen molar-refractivity contribution in [2.75, 3.05) is 50.5 Å². The summed E-state index contributed by atoms with van der Waals surface area (Å²) in [6, 6.07) is 11.8. The van der Waals surface area contributed by atoms with E-state index in [9.17, 15) is 24.3 Å². The summed E-state index contributed by atoms with van der Waals surface area (Å²) in [6.07, 6.45) is 3.79. The Kier molecular flexibility index (Phi) is 13.5. The van der Waals surface area contributed by atoms with Gasteiger partial charge in [-0.15, -0.1) is 0 Å². The van der Waals surface area contributed by atoms with Gasteiger partial charge in [-0.3, -0.25) is 19.7 Å². The maximum Gasteiger partial charge on any atom is 0.324 e. The van der Waals surface area contributed by atoms with Gasteiger partial charge in [-0.25, -0.2) is 9.78 Å². The number of nitrogens with zero attached hydrogens (tertiary/aromatic N) is 1. The number of urea groups is 1. The van der Waals surface area contributed by atoms with Gasteiger partial charge in [0.15, 0.2) is 11.5 Å². The zero-order chi connectivity index (χ0) is 33.6. The summed E-state index contributed by atoms with van der Waals surface area (Å²) in [5.41, 5.74) is 2.35. The molecule has 3 rings (SSSR count). The van der Waals surface area contributed by atoms with Crippen molar-refractivity contribution >= 4 is 47.1 Å². The second-order valence-corrected chi connectivity index (χ2v) is 11.1. The molecule has 0 saturated carbocycles. The number of methoxy groups -OCH3 is 3. The third-order valence-electron chi connectivity index (χ3n) is 6.88. The predicted octanol–water partition coefficient (Wildman–Crippen LogP) is 3.82. The molecule has 0 unspecified atom stereocenters. The van der Waals surface area contributed by atoms with Gasteiger partial charge in [0.25, 0.3) is 0 Å². The van der Waals surface area contributed by atoms with Crippen molar-refractivity contribution in [2.45, 2.75) is 31.7 Å². The van der Waals surface area contributed by atoms with E-state index in [1.54, 1.807) is 48.7 Å². The highest BCUT2D eigenvalue weighted by atomic mass is 32.2. The van der Waals surface area contributed by atoms with E-state index in [2.05, 4.69) is 26.3 Å². The molecule has 0 bridgehead atoms. The summed E-state index contributed by atoms with van der Waals surface area (Å²) in [4.78, 5) is 54.9. The molecule has 0 aliphatic rings. The van der Waals surface area contributed by atoms with Gasteiger partial charge >= 0.3 is 12.0 Å². The first kappa shape index (κ1) is 35.5. The van der Waals surface area contributed by atoms with Gasteiger partial charge in [0.05, 0.1) is 39.4 Å². The van der Waals surface area contributed by atoms with Crippen LogP contribution in [-0.4, -0.2) is 79.8 Å². The van der Waals surface area contributed by atoms with Crippen LogP contribution >= 0.6 is 11.8 Å². The van der Waals surface area contributed by atoms with Gasteiger partial charge in [0.2, 0.25) is 11.8 Å². The Morgan fingerprint density at radius 3 is 2.28 bits per heavy atom. The van der Waals surface area contributed by atoms with Crippen LogP contribution in [0.3, 0.4) is 0 Å². The first-order chi connectivity index (χ1) is 22.1. The van der Waals surface area contributed by atoms with Crippen molar-refractivity contribution < 1.29 is 38.5 Å². The third kappa shape index (κ3) is 10.3. The lowest BCUT2D eigenvalue weighted by atomic mass is 9.98. The summed E-state index contributed by atoms with van der Waals surface area (Å²) in [5, 5.41) is 20.7. The standard InChI is InChI=1S/C32H39N5O8S/c1-19-6-11-28(33-17-19)37-32(42)36-23-9-7-20(14-26(23)44-3)15-29(38)35-24(12-13-46-5)30(39)34-18-22(31(40)41)21-8-10-25(43-2)27(16-21)45-4/h6-11,14,16-17,22,24H,12-13,15,18H2,1-5H3,(H,34,39)(H,35,38)(H,40,41)(H2,33,36,37,42)/t22-,24+/m1/s1. The third-order valence-corrected chi connectivity index (χ3v) is 7.53. The van der Waals surface area contributed by atoms with Crippen LogP contribution < -0.4 is 35.5 Å². The van der Waals surface area contributed by atoms with Crippen LogP contribution in [0, 0.1) is 6.92 Å². The Balaban J connectivity index is 1.63. The molecule has 0 aliphatic carbocycles. The number of hydrogen-bond acceptors (Lipinski definition) is 9. The molecule has 5 N–H and O–H groups in total. The molecule has 13 nitrogen and oxygen atoms in total. The highest BCUT2D eigenvalue weighted by Crippen LogP contribution is 2.31. The first-order valence-electron chi connectivity index (χ1n) is 14.3. The van der Waals surface area contributed by atoms with Crippen LogP contribution in [0.1, 0.15) is 29.0 Å². The topological polar surface area (TPSA) is 177 Å². The summed E-state index contributed by atoms with van der Waals surface area (Å²) < 4.78 is 15.9. The largest absolute Gasteiger partial charge is 0.495 e. The molecule has 1 heterocycles. The Labute approximate surface area is 271 Å². The number of aryl methyl sites for hydroxylation is 1. The molecule has 0 aliphatic heterocycles. The van der Waals surface area contributed by atoms with Crippen LogP contribution in [0.15, 0.2) is 54.7 Å². The minimum absolute atomic E-state index is 0.0669. The quantitative estimate of drug-likeness (QED) is 0.153. The molecular weight excluding hydrogens is 614 g/mol. The number of amides is 4. The summed E-state index contributed by atoms with van der Waals surface area (Å²) in [6.45, 7) is 1.69. The average Bonchev–Trinajstić information content (AvgIpc) is 3.04. The number of carboxylic acids is 1. The number of carbonyl (C=O) groups is 4. The highest BCUT2D eigenvalue weighted by molar-refractivity contribution is 7.98. The SMILES string of the molecule is COc1cc(CC(=O)N[C@@H](CCSC)C(=O)NC[C@@H](C(=O)O)c2ccc(OC)c(OC)c2)ccc1NC(=O)Nc1ccc(C)cn1. The fraction of sp³-hybridized carbons (Fsp3) is 0.344. The Morgan fingerprint density at radius 2 is 1.65 bits per heavy atom. The maximum atomic E-state index is 13.2. The van der Waals surface area contributed by atoms with Crippen molar-refractivity contribution in [1.82, 2.24) is 15.6 Å². The monoisotopic (exact) mass is 653 g/mol. The Hall–Kier alpha value is -4.98. The fourth-order valence-electron chi connectivity index (χ4n) is 4.44. The van der Waals surface area contributed by atoms with Crippen molar-refractivity contribution in [3.8, 4) is 17.2 Å². The smallest absolute Gasteiger partial charge is 0.324 e. The summed E-state index contributed by atoms with van der Waals surface area (Å²) >= 11 is 1.51. The van der Waals surface area contributed by atoms with E-state index >= 15 is 0 Å². The van der Waals surface area contributed by atoms with Gasteiger partial charge in [0.1, 0.15) is 17.6 Å². The number of nitrogens with one attached hydrogen (secondary N) is 4. The molecule has 0 radical (unpaired) electrons. The van der Waals surface area contributed by atoms with Crippen molar-refractivity contribution in [3.05, 3.63) is 71.4 Å². The Bertz CT molecular complexity index is 1520. The molecule has 1 aromatic heterocycles. The zero-order valence-corrected chi connectivity index (χ0v) is 27.2. The second kappa shape index (κ2) is 17.5. The number of hydrogen-bond donors (Lipinski definition) is 5. The second-order valence-electron chi connectivity index (χ2n) is 10.2. The van der Waals surface area contributed by atoms with Crippen LogP contribution in [0.5, 0.6) is 17.2 Å². The lowest BCUT2D eigenvalue weighted by Crippen LogP contribution is -2.48. The number of ether oxygens (including phenoxy) is 3. The summed E-state index contributed by atoms with van der Waals surface area (Å²) in [5.74, 6) is -0.982. The minimum Gasteiger partial charge on any atom is -0.495 e. The molecule has 0 fully saturated rings. The lowest BCUT2D eigenvalue weighted by Gasteiger charge is -2.21. The number of benzene rings is 2. The number of carbonyl (C=O) groups excluding carboxylic acids is 3. The molecule has 4 amide bonds. The molecule has 2 atom stereocenters. The number of anilines is 2.